The second kappa shape index (κ2) is 9.86. The summed E-state index contributed by atoms with van der Waals surface area (Å²) in [6.07, 6.45) is 5.97. The molecule has 3 aromatic rings. The van der Waals surface area contributed by atoms with E-state index in [1.165, 1.54) is 0 Å². The molecule has 168 valence electrons. The number of hydrogen-bond acceptors (Lipinski definition) is 7. The summed E-state index contributed by atoms with van der Waals surface area (Å²) in [5, 5.41) is 10.1. The molecule has 3 heterocycles. The zero-order chi connectivity index (χ0) is 22.5. The highest BCUT2D eigenvalue weighted by molar-refractivity contribution is 6.07. The smallest absolute Gasteiger partial charge is 0.276 e. The van der Waals surface area contributed by atoms with Crippen molar-refractivity contribution in [1.82, 2.24) is 30.0 Å². The standard InChI is InChI=1S/C23H29N7O2/c1-4-30(5-2)11-6-12-32-19-10-8-17(14-25-19)27-23(31)22-20-18(28-29-22)9-7-16-13-24-15(3)26-21(16)20/h8,10,13-14H,4-7,9,11-12H2,1-3H3,(H,27,31)(H,28,29). The predicted molar refractivity (Wildman–Crippen MR) is 122 cm³/mol. The van der Waals surface area contributed by atoms with E-state index in [1.807, 2.05) is 13.1 Å². The minimum Gasteiger partial charge on any atom is -0.478 e. The van der Waals surface area contributed by atoms with E-state index in [2.05, 4.69) is 49.2 Å². The van der Waals surface area contributed by atoms with Crippen LogP contribution in [0.1, 0.15) is 47.8 Å². The van der Waals surface area contributed by atoms with Gasteiger partial charge in [-0.25, -0.2) is 15.0 Å². The molecular weight excluding hydrogens is 406 g/mol. The Hall–Kier alpha value is -3.33. The van der Waals surface area contributed by atoms with Crippen LogP contribution in [0.2, 0.25) is 0 Å². The fourth-order valence-corrected chi connectivity index (χ4v) is 3.87. The van der Waals surface area contributed by atoms with E-state index in [0.717, 1.165) is 61.4 Å². The highest BCUT2D eigenvalue weighted by Gasteiger charge is 2.27. The van der Waals surface area contributed by atoms with Gasteiger partial charge < -0.3 is 15.0 Å². The maximum Gasteiger partial charge on any atom is 0.276 e. The van der Waals surface area contributed by atoms with Gasteiger partial charge in [0.1, 0.15) is 5.82 Å². The first-order valence-electron chi connectivity index (χ1n) is 11.1. The van der Waals surface area contributed by atoms with E-state index in [0.29, 0.717) is 29.7 Å². The van der Waals surface area contributed by atoms with Gasteiger partial charge in [-0.15, -0.1) is 0 Å². The number of carbonyl (C=O) groups excluding carboxylic acids is 1. The third-order valence-electron chi connectivity index (χ3n) is 5.68. The van der Waals surface area contributed by atoms with Crippen molar-refractivity contribution >= 4 is 11.6 Å². The van der Waals surface area contributed by atoms with Crippen LogP contribution >= 0.6 is 0 Å². The van der Waals surface area contributed by atoms with Crippen molar-refractivity contribution in [1.29, 1.82) is 0 Å². The summed E-state index contributed by atoms with van der Waals surface area (Å²) in [7, 11) is 0. The zero-order valence-corrected chi connectivity index (χ0v) is 18.8. The molecule has 0 aromatic carbocycles. The molecule has 2 N–H and O–H groups in total. The average Bonchev–Trinajstić information content (AvgIpc) is 3.25. The number of rotatable bonds is 9. The van der Waals surface area contributed by atoms with Crippen LogP contribution in [0.3, 0.4) is 0 Å². The van der Waals surface area contributed by atoms with Gasteiger partial charge in [-0.3, -0.25) is 9.89 Å². The van der Waals surface area contributed by atoms with Crippen LogP contribution in [-0.2, 0) is 12.8 Å². The number of nitrogens with one attached hydrogen (secondary N) is 2. The molecule has 0 fully saturated rings. The van der Waals surface area contributed by atoms with Gasteiger partial charge in [-0.1, -0.05) is 13.8 Å². The highest BCUT2D eigenvalue weighted by Crippen LogP contribution is 2.33. The Kier molecular flexibility index (Phi) is 6.75. The van der Waals surface area contributed by atoms with Crippen molar-refractivity contribution in [2.75, 3.05) is 31.6 Å². The van der Waals surface area contributed by atoms with Crippen LogP contribution in [-0.4, -0.2) is 62.2 Å². The van der Waals surface area contributed by atoms with Gasteiger partial charge in [0.2, 0.25) is 5.88 Å². The Labute approximate surface area is 187 Å². The molecular formula is C23H29N7O2. The SMILES string of the molecule is CCN(CC)CCCOc1ccc(NC(=O)c2n[nH]c3c2-c2nc(C)ncc2CC3)cn1. The lowest BCUT2D eigenvalue weighted by molar-refractivity contribution is 0.102. The number of ether oxygens (including phenoxy) is 1. The molecule has 0 spiro atoms. The summed E-state index contributed by atoms with van der Waals surface area (Å²) in [5.41, 5.74) is 4.41. The monoisotopic (exact) mass is 435 g/mol. The molecule has 0 saturated heterocycles. The lowest BCUT2D eigenvalue weighted by Crippen LogP contribution is -2.25. The van der Waals surface area contributed by atoms with Crippen LogP contribution in [0.5, 0.6) is 5.88 Å². The molecule has 0 unspecified atom stereocenters. The summed E-state index contributed by atoms with van der Waals surface area (Å²) in [6, 6.07) is 3.54. The first-order chi connectivity index (χ1) is 15.6. The minimum atomic E-state index is -0.304. The van der Waals surface area contributed by atoms with Crippen molar-refractivity contribution in [2.45, 2.75) is 40.0 Å². The molecule has 4 rings (SSSR count). The molecule has 32 heavy (non-hydrogen) atoms. The van der Waals surface area contributed by atoms with E-state index in [4.69, 9.17) is 4.74 Å². The van der Waals surface area contributed by atoms with Gasteiger partial charge in [0.05, 0.1) is 29.7 Å². The number of hydrogen-bond donors (Lipinski definition) is 2. The second-order valence-electron chi connectivity index (χ2n) is 7.78. The van der Waals surface area contributed by atoms with Crippen LogP contribution in [0.4, 0.5) is 5.69 Å². The lowest BCUT2D eigenvalue weighted by Gasteiger charge is -2.17. The van der Waals surface area contributed by atoms with Gasteiger partial charge in [0.15, 0.2) is 5.69 Å². The molecule has 0 atom stereocenters. The zero-order valence-electron chi connectivity index (χ0n) is 18.8. The van der Waals surface area contributed by atoms with Gasteiger partial charge in [-0.2, -0.15) is 5.10 Å². The Morgan fingerprint density at radius 2 is 2.03 bits per heavy atom. The summed E-state index contributed by atoms with van der Waals surface area (Å²) >= 11 is 0. The Morgan fingerprint density at radius 3 is 2.78 bits per heavy atom. The van der Waals surface area contributed by atoms with Gasteiger partial charge in [-0.05, 0) is 50.9 Å². The maximum atomic E-state index is 13.0. The average molecular weight is 436 g/mol. The first kappa shape index (κ1) is 21.9. The number of H-pyrrole nitrogens is 1. The molecule has 0 radical (unpaired) electrons. The van der Waals surface area contributed by atoms with E-state index in [9.17, 15) is 4.79 Å². The number of anilines is 1. The number of aryl methyl sites for hydroxylation is 3. The van der Waals surface area contributed by atoms with E-state index in [1.54, 1.807) is 18.3 Å². The number of carbonyl (C=O) groups is 1. The molecule has 3 aromatic heterocycles. The first-order valence-corrected chi connectivity index (χ1v) is 11.1. The van der Waals surface area contributed by atoms with Crippen molar-refractivity contribution in [3.8, 4) is 17.1 Å². The molecule has 9 heteroatoms. The highest BCUT2D eigenvalue weighted by atomic mass is 16.5. The molecule has 1 amide bonds. The van der Waals surface area contributed by atoms with Gasteiger partial charge >= 0.3 is 0 Å². The van der Waals surface area contributed by atoms with Crippen molar-refractivity contribution in [2.24, 2.45) is 0 Å². The number of pyridine rings is 1. The molecule has 0 bridgehead atoms. The molecule has 1 aliphatic rings. The van der Waals surface area contributed by atoms with Crippen LogP contribution < -0.4 is 10.1 Å². The third kappa shape index (κ3) is 4.77. The number of nitrogens with zero attached hydrogens (tertiary/aromatic N) is 5. The fourth-order valence-electron chi connectivity index (χ4n) is 3.87. The minimum absolute atomic E-state index is 0.304. The number of amides is 1. The van der Waals surface area contributed by atoms with E-state index in [-0.39, 0.29) is 5.91 Å². The predicted octanol–water partition coefficient (Wildman–Crippen LogP) is 3.03. The largest absolute Gasteiger partial charge is 0.478 e. The van der Waals surface area contributed by atoms with E-state index >= 15 is 0 Å². The number of aromatic amines is 1. The molecule has 9 nitrogen and oxygen atoms in total. The quantitative estimate of drug-likeness (QED) is 0.497. The van der Waals surface area contributed by atoms with Crippen molar-refractivity contribution in [3.63, 3.8) is 0 Å². The van der Waals surface area contributed by atoms with E-state index < -0.39 is 0 Å². The number of aromatic nitrogens is 5. The maximum absolute atomic E-state index is 13.0. The summed E-state index contributed by atoms with van der Waals surface area (Å²) in [4.78, 5) is 28.5. The normalized spacial score (nSPS) is 12.4. The fraction of sp³-hybridized carbons (Fsp3) is 0.435. The second-order valence-corrected chi connectivity index (χ2v) is 7.78. The Balaban J connectivity index is 1.39. The van der Waals surface area contributed by atoms with Crippen molar-refractivity contribution < 1.29 is 9.53 Å². The van der Waals surface area contributed by atoms with Crippen LogP contribution in [0.15, 0.2) is 24.5 Å². The molecule has 0 aliphatic heterocycles. The van der Waals surface area contributed by atoms with Gasteiger partial charge in [0.25, 0.3) is 5.91 Å². The van der Waals surface area contributed by atoms with Crippen LogP contribution in [0, 0.1) is 6.92 Å². The van der Waals surface area contributed by atoms with Gasteiger partial charge in [0, 0.05) is 24.5 Å². The summed E-state index contributed by atoms with van der Waals surface area (Å²) in [6.45, 7) is 9.85. The summed E-state index contributed by atoms with van der Waals surface area (Å²) < 4.78 is 5.72. The lowest BCUT2D eigenvalue weighted by atomic mass is 9.93. The Bertz CT molecular complexity index is 1070. The molecule has 0 saturated carbocycles. The summed E-state index contributed by atoms with van der Waals surface area (Å²) in [5.74, 6) is 0.906. The Morgan fingerprint density at radius 1 is 1.19 bits per heavy atom. The number of fused-ring (bicyclic) bond motifs is 3. The molecule has 1 aliphatic carbocycles. The topological polar surface area (TPSA) is 109 Å². The van der Waals surface area contributed by atoms with Crippen LogP contribution in [0.25, 0.3) is 11.3 Å². The third-order valence-corrected chi connectivity index (χ3v) is 5.68. The van der Waals surface area contributed by atoms with Crippen molar-refractivity contribution in [3.05, 3.63) is 47.3 Å².